The minimum absolute atomic E-state index is 0.135. The second-order valence-corrected chi connectivity index (χ2v) is 6.34. The van der Waals surface area contributed by atoms with Crippen LogP contribution in [0, 0.1) is 5.82 Å². The zero-order chi connectivity index (χ0) is 16.3. The van der Waals surface area contributed by atoms with Gasteiger partial charge >= 0.3 is 0 Å². The van der Waals surface area contributed by atoms with Gasteiger partial charge in [0.05, 0.1) is 6.54 Å². The molecule has 0 saturated carbocycles. The van der Waals surface area contributed by atoms with E-state index in [-0.39, 0.29) is 6.54 Å². The van der Waals surface area contributed by atoms with E-state index >= 15 is 0 Å². The third-order valence-electron chi connectivity index (χ3n) is 3.01. The van der Waals surface area contributed by atoms with Crippen molar-refractivity contribution >= 4 is 10.0 Å². The summed E-state index contributed by atoms with van der Waals surface area (Å²) in [6.07, 6.45) is 3.22. The molecule has 0 spiro atoms. The smallest absolute Gasteiger partial charge is 0.243 e. The predicted molar refractivity (Wildman–Crippen MR) is 80.0 cm³/mol. The van der Waals surface area contributed by atoms with Crippen molar-refractivity contribution in [1.29, 1.82) is 0 Å². The summed E-state index contributed by atoms with van der Waals surface area (Å²) in [5, 5.41) is 6.63. The normalized spacial score (nSPS) is 11.5. The molecule has 0 aliphatic carbocycles. The number of nitrogens with zero attached hydrogens (tertiary/aromatic N) is 3. The molecule has 2 N–H and O–H groups in total. The van der Waals surface area contributed by atoms with Crippen LogP contribution in [-0.4, -0.2) is 28.6 Å². The van der Waals surface area contributed by atoms with E-state index in [1.165, 1.54) is 18.2 Å². The van der Waals surface area contributed by atoms with Gasteiger partial charge in [-0.2, -0.15) is 5.10 Å². The molecular weight excluding hydrogens is 321 g/mol. The minimum Gasteiger partial charge on any atom is -0.264 e. The first-order valence-electron chi connectivity index (χ1n) is 6.62. The van der Waals surface area contributed by atoms with Gasteiger partial charge in [0.2, 0.25) is 10.0 Å². The average molecular weight is 333 g/mol. The summed E-state index contributed by atoms with van der Waals surface area (Å²) >= 11 is 0. The van der Waals surface area contributed by atoms with Crippen LogP contribution in [0.25, 0.3) is 11.4 Å². The van der Waals surface area contributed by atoms with Crippen LogP contribution in [0.15, 0.2) is 53.7 Å². The van der Waals surface area contributed by atoms with Crippen molar-refractivity contribution in [3.05, 3.63) is 60.4 Å². The summed E-state index contributed by atoms with van der Waals surface area (Å²) in [6, 6.07) is 8.68. The van der Waals surface area contributed by atoms with Crippen molar-refractivity contribution in [1.82, 2.24) is 24.9 Å². The van der Waals surface area contributed by atoms with Crippen molar-refractivity contribution in [2.45, 2.75) is 11.4 Å². The molecule has 0 aliphatic rings. The Balaban J connectivity index is 1.74. The van der Waals surface area contributed by atoms with Crippen molar-refractivity contribution in [2.24, 2.45) is 0 Å². The molecule has 7 nitrogen and oxygen atoms in total. The second kappa shape index (κ2) is 6.23. The number of halogens is 1. The lowest BCUT2D eigenvalue weighted by molar-refractivity contribution is 0.555. The molecule has 0 unspecified atom stereocenters. The molecule has 2 heterocycles. The summed E-state index contributed by atoms with van der Waals surface area (Å²) in [5.41, 5.74) is 0.701. The zero-order valence-electron chi connectivity index (χ0n) is 11.8. The van der Waals surface area contributed by atoms with Gasteiger partial charge < -0.3 is 0 Å². The summed E-state index contributed by atoms with van der Waals surface area (Å²) in [7, 11) is -3.97. The first-order valence-corrected chi connectivity index (χ1v) is 8.10. The Bertz CT molecular complexity index is 912. The molecule has 23 heavy (non-hydrogen) atoms. The Labute approximate surface area is 131 Å². The van der Waals surface area contributed by atoms with Gasteiger partial charge in [0.15, 0.2) is 5.82 Å². The van der Waals surface area contributed by atoms with E-state index in [9.17, 15) is 12.8 Å². The molecule has 0 amide bonds. The molecular formula is C14H12FN5O2S. The molecule has 1 aromatic carbocycles. The van der Waals surface area contributed by atoms with Crippen LogP contribution in [0.3, 0.4) is 0 Å². The van der Waals surface area contributed by atoms with Gasteiger partial charge in [0.25, 0.3) is 0 Å². The van der Waals surface area contributed by atoms with Gasteiger partial charge in [-0.05, 0) is 24.3 Å². The highest BCUT2D eigenvalue weighted by Gasteiger charge is 2.18. The van der Waals surface area contributed by atoms with Gasteiger partial charge in [-0.1, -0.05) is 12.1 Å². The quantitative estimate of drug-likeness (QED) is 0.736. The van der Waals surface area contributed by atoms with E-state index in [2.05, 4.69) is 24.9 Å². The maximum absolute atomic E-state index is 13.6. The molecule has 0 aliphatic heterocycles. The van der Waals surface area contributed by atoms with Crippen LogP contribution in [0.5, 0.6) is 0 Å². The number of hydrogen-bond acceptors (Lipinski definition) is 5. The van der Waals surface area contributed by atoms with E-state index in [0.29, 0.717) is 17.2 Å². The lowest BCUT2D eigenvalue weighted by atomic mass is 10.3. The van der Waals surface area contributed by atoms with E-state index in [0.717, 1.165) is 6.07 Å². The number of hydrogen-bond donors (Lipinski definition) is 2. The monoisotopic (exact) mass is 333 g/mol. The van der Waals surface area contributed by atoms with Crippen molar-refractivity contribution < 1.29 is 12.8 Å². The van der Waals surface area contributed by atoms with Crippen LogP contribution < -0.4 is 4.72 Å². The third kappa shape index (κ3) is 3.41. The standard InChI is InChI=1S/C14H12FN5O2S/c15-11-5-1-2-6-12(11)23(21,22)17-9-13-18-14(20-19-13)10-4-3-7-16-8-10/h1-8,17H,9H2,(H,18,19,20). The molecule has 0 fully saturated rings. The lowest BCUT2D eigenvalue weighted by Crippen LogP contribution is -2.24. The van der Waals surface area contributed by atoms with Crippen LogP contribution >= 0.6 is 0 Å². The zero-order valence-corrected chi connectivity index (χ0v) is 12.6. The highest BCUT2D eigenvalue weighted by atomic mass is 32.2. The molecule has 9 heteroatoms. The topological polar surface area (TPSA) is 101 Å². The number of aromatic nitrogens is 4. The first kappa shape index (κ1) is 15.3. The molecule has 0 saturated heterocycles. The molecule has 2 aromatic heterocycles. The number of nitrogens with one attached hydrogen (secondary N) is 2. The number of H-pyrrole nitrogens is 1. The van der Waals surface area contributed by atoms with Gasteiger partial charge in [0, 0.05) is 18.0 Å². The average Bonchev–Trinajstić information content (AvgIpc) is 3.03. The van der Waals surface area contributed by atoms with Crippen molar-refractivity contribution in [3.8, 4) is 11.4 Å². The largest absolute Gasteiger partial charge is 0.264 e. The van der Waals surface area contributed by atoms with E-state index in [1.54, 1.807) is 24.5 Å². The van der Waals surface area contributed by atoms with E-state index in [4.69, 9.17) is 0 Å². The maximum Gasteiger partial charge on any atom is 0.243 e. The summed E-state index contributed by atoms with van der Waals surface area (Å²) in [5.74, 6) is -0.101. The SMILES string of the molecule is O=S(=O)(NCc1nc(-c2cccnc2)n[nH]1)c1ccccc1F. The van der Waals surface area contributed by atoms with Gasteiger partial charge in [-0.15, -0.1) is 0 Å². The number of benzene rings is 1. The number of rotatable bonds is 5. The van der Waals surface area contributed by atoms with Crippen LogP contribution in [-0.2, 0) is 16.6 Å². The van der Waals surface area contributed by atoms with Gasteiger partial charge in [-0.25, -0.2) is 22.5 Å². The molecule has 3 rings (SSSR count). The third-order valence-corrected chi connectivity index (χ3v) is 4.44. The predicted octanol–water partition coefficient (Wildman–Crippen LogP) is 1.48. The maximum atomic E-state index is 13.6. The second-order valence-electron chi connectivity index (χ2n) is 4.60. The summed E-state index contributed by atoms with van der Waals surface area (Å²) in [4.78, 5) is 7.72. The fourth-order valence-corrected chi connectivity index (χ4v) is 2.97. The summed E-state index contributed by atoms with van der Waals surface area (Å²) in [6.45, 7) is -0.135. The molecule has 0 radical (unpaired) electrons. The Morgan fingerprint density at radius 3 is 2.74 bits per heavy atom. The number of aromatic amines is 1. The molecule has 118 valence electrons. The van der Waals surface area contributed by atoms with Crippen molar-refractivity contribution in [3.63, 3.8) is 0 Å². The lowest BCUT2D eigenvalue weighted by Gasteiger charge is -2.05. The fourth-order valence-electron chi connectivity index (χ4n) is 1.90. The Hall–Kier alpha value is -2.65. The van der Waals surface area contributed by atoms with Gasteiger partial charge in [0.1, 0.15) is 16.5 Å². The minimum atomic E-state index is -3.97. The number of pyridine rings is 1. The molecule has 0 atom stereocenters. The molecule has 0 bridgehead atoms. The Kier molecular flexibility index (Phi) is 4.13. The van der Waals surface area contributed by atoms with Crippen LogP contribution in [0.4, 0.5) is 4.39 Å². The highest BCUT2D eigenvalue weighted by molar-refractivity contribution is 7.89. The van der Waals surface area contributed by atoms with Crippen LogP contribution in [0.2, 0.25) is 0 Å². The fraction of sp³-hybridized carbons (Fsp3) is 0.0714. The molecule has 3 aromatic rings. The van der Waals surface area contributed by atoms with Crippen LogP contribution in [0.1, 0.15) is 5.82 Å². The van der Waals surface area contributed by atoms with E-state index < -0.39 is 20.7 Å². The Morgan fingerprint density at radius 2 is 2.00 bits per heavy atom. The number of sulfonamides is 1. The van der Waals surface area contributed by atoms with E-state index in [1.807, 2.05) is 0 Å². The Morgan fingerprint density at radius 1 is 1.17 bits per heavy atom. The summed E-state index contributed by atoms with van der Waals surface area (Å²) < 4.78 is 40.0. The van der Waals surface area contributed by atoms with Gasteiger partial charge in [-0.3, -0.25) is 10.1 Å². The first-order chi connectivity index (χ1) is 11.1. The highest BCUT2D eigenvalue weighted by Crippen LogP contribution is 2.14. The van der Waals surface area contributed by atoms with Crippen molar-refractivity contribution in [2.75, 3.05) is 0 Å².